The summed E-state index contributed by atoms with van der Waals surface area (Å²) in [5, 5.41) is 6.15. The Morgan fingerprint density at radius 1 is 1.32 bits per heavy atom. The van der Waals surface area contributed by atoms with Crippen LogP contribution >= 0.6 is 39.9 Å². The van der Waals surface area contributed by atoms with Crippen LogP contribution in [-0.4, -0.2) is 48.9 Å². The van der Waals surface area contributed by atoms with E-state index in [-0.39, 0.29) is 41.7 Å². The number of carbonyl (C=O) groups is 2. The van der Waals surface area contributed by atoms with Crippen LogP contribution in [0.3, 0.4) is 0 Å². The lowest BCUT2D eigenvalue weighted by atomic mass is 9.95. The number of halogens is 2. The average molecular weight is 566 g/mol. The molecule has 4 N–H and O–H groups in total. The Labute approximate surface area is 192 Å². The highest BCUT2D eigenvalue weighted by Crippen LogP contribution is 2.19. The van der Waals surface area contributed by atoms with Crippen molar-refractivity contribution in [2.45, 2.75) is 32.6 Å². The number of hydrogen-bond donors (Lipinski definition) is 3. The zero-order chi connectivity index (χ0) is 19.6. The maximum atomic E-state index is 12.1. The topological polar surface area (TPSA) is 99.8 Å². The Balaban J connectivity index is 0.00000392. The second-order valence-corrected chi connectivity index (χ2v) is 7.58. The lowest BCUT2D eigenvalue weighted by Gasteiger charge is -2.34. The monoisotopic (exact) mass is 565 g/mol. The molecule has 1 atom stereocenters. The van der Waals surface area contributed by atoms with E-state index in [4.69, 9.17) is 5.73 Å². The van der Waals surface area contributed by atoms with Gasteiger partial charge in [-0.15, -0.1) is 24.0 Å². The Morgan fingerprint density at radius 2 is 2.04 bits per heavy atom. The molecule has 0 bridgehead atoms. The van der Waals surface area contributed by atoms with Gasteiger partial charge in [0.05, 0.1) is 6.54 Å². The molecule has 1 fully saturated rings. The van der Waals surface area contributed by atoms with Gasteiger partial charge in [-0.1, -0.05) is 15.9 Å². The van der Waals surface area contributed by atoms with Crippen LogP contribution in [0.4, 0.5) is 5.69 Å². The fraction of sp³-hybridized carbons (Fsp3) is 0.526. The molecule has 1 unspecified atom stereocenters. The molecule has 0 saturated carbocycles. The molecule has 0 spiro atoms. The molecule has 156 valence electrons. The third-order valence-corrected chi connectivity index (χ3v) is 4.90. The third kappa shape index (κ3) is 8.76. The van der Waals surface area contributed by atoms with Gasteiger partial charge >= 0.3 is 0 Å². The molecule has 7 nitrogen and oxygen atoms in total. The molecular weight excluding hydrogens is 537 g/mol. The van der Waals surface area contributed by atoms with Gasteiger partial charge in [0.1, 0.15) is 0 Å². The van der Waals surface area contributed by atoms with Crippen molar-refractivity contribution >= 4 is 63.4 Å². The molecule has 1 aromatic carbocycles. The lowest BCUT2D eigenvalue weighted by Crippen LogP contribution is -2.47. The molecule has 1 aliphatic heterocycles. The number of likely N-dealkylation sites (tertiary alicyclic amines) is 1. The van der Waals surface area contributed by atoms with Crippen molar-refractivity contribution in [1.29, 1.82) is 0 Å². The van der Waals surface area contributed by atoms with Gasteiger partial charge < -0.3 is 21.3 Å². The predicted octanol–water partition coefficient (Wildman–Crippen LogP) is 2.95. The van der Waals surface area contributed by atoms with Crippen molar-refractivity contribution in [3.8, 4) is 0 Å². The van der Waals surface area contributed by atoms with Gasteiger partial charge in [0, 0.05) is 42.6 Å². The Morgan fingerprint density at radius 3 is 2.68 bits per heavy atom. The Bertz CT molecular complexity index is 669. The summed E-state index contributed by atoms with van der Waals surface area (Å²) in [6.45, 7) is 4.83. The second-order valence-electron chi connectivity index (χ2n) is 6.67. The number of benzene rings is 1. The molecular formula is C19H29BrIN5O2. The van der Waals surface area contributed by atoms with Gasteiger partial charge in [-0.3, -0.25) is 14.6 Å². The van der Waals surface area contributed by atoms with E-state index in [1.165, 1.54) is 0 Å². The first-order valence-electron chi connectivity index (χ1n) is 9.35. The highest BCUT2D eigenvalue weighted by atomic mass is 127. The minimum atomic E-state index is -0.256. The van der Waals surface area contributed by atoms with E-state index in [2.05, 4.69) is 36.5 Å². The molecule has 0 aliphatic carbocycles. The molecule has 1 aromatic rings. The van der Waals surface area contributed by atoms with Crippen LogP contribution in [0.15, 0.2) is 33.7 Å². The number of hydrogen-bond acceptors (Lipinski definition) is 3. The number of carbonyl (C=O) groups excluding carboxylic acids is 2. The normalized spacial score (nSPS) is 16.9. The van der Waals surface area contributed by atoms with E-state index >= 15 is 0 Å². The molecule has 2 rings (SSSR count). The predicted molar refractivity (Wildman–Crippen MR) is 127 cm³/mol. The molecule has 28 heavy (non-hydrogen) atoms. The summed E-state index contributed by atoms with van der Waals surface area (Å²) < 4.78 is 0.969. The van der Waals surface area contributed by atoms with Gasteiger partial charge in [-0.2, -0.15) is 0 Å². The van der Waals surface area contributed by atoms with Gasteiger partial charge in [0.15, 0.2) is 5.96 Å². The van der Waals surface area contributed by atoms with E-state index in [0.717, 1.165) is 48.6 Å². The number of amides is 2. The number of aliphatic imine (C=N–C) groups is 1. The van der Waals surface area contributed by atoms with E-state index in [1.807, 2.05) is 31.2 Å². The van der Waals surface area contributed by atoms with Crippen LogP contribution in [0.25, 0.3) is 0 Å². The number of nitrogens with zero attached hydrogens (tertiary/aromatic N) is 2. The summed E-state index contributed by atoms with van der Waals surface area (Å²) in [6.07, 6.45) is 2.73. The summed E-state index contributed by atoms with van der Waals surface area (Å²) in [4.78, 5) is 30.1. The average Bonchev–Trinajstić information content (AvgIpc) is 2.62. The standard InChI is InChI=1S/C19H28BrN5O2.HI/c1-2-22-19(25-11-3-4-14(13-25)12-17(21)26)23-10-9-18(27)24-16-7-5-15(20)6-8-16;/h5-8,14H,2-4,9-13H2,1H3,(H2,21,26)(H,22,23)(H,24,27);1H. The largest absolute Gasteiger partial charge is 0.370 e. The molecule has 0 radical (unpaired) electrons. The molecule has 1 aliphatic rings. The molecule has 0 aromatic heterocycles. The van der Waals surface area contributed by atoms with Gasteiger partial charge in [-0.25, -0.2) is 0 Å². The van der Waals surface area contributed by atoms with Crippen LogP contribution < -0.4 is 16.4 Å². The second kappa shape index (κ2) is 13.0. The van der Waals surface area contributed by atoms with Gasteiger partial charge in [0.2, 0.25) is 11.8 Å². The summed E-state index contributed by atoms with van der Waals surface area (Å²) in [5.74, 6) is 0.736. The molecule has 1 heterocycles. The minimum absolute atomic E-state index is 0. The van der Waals surface area contributed by atoms with Crippen LogP contribution in [0.5, 0.6) is 0 Å². The Kier molecular flexibility index (Phi) is 11.4. The molecule has 1 saturated heterocycles. The fourth-order valence-electron chi connectivity index (χ4n) is 3.15. The summed E-state index contributed by atoms with van der Waals surface area (Å²) in [6, 6.07) is 7.47. The van der Waals surface area contributed by atoms with E-state index in [9.17, 15) is 9.59 Å². The van der Waals surface area contributed by atoms with Gasteiger partial charge in [0.25, 0.3) is 0 Å². The first-order chi connectivity index (χ1) is 13.0. The van der Waals surface area contributed by atoms with Crippen molar-refractivity contribution in [2.75, 3.05) is 31.5 Å². The zero-order valence-electron chi connectivity index (χ0n) is 16.1. The first-order valence-corrected chi connectivity index (χ1v) is 10.1. The minimum Gasteiger partial charge on any atom is -0.370 e. The number of piperidine rings is 1. The molecule has 9 heteroatoms. The zero-order valence-corrected chi connectivity index (χ0v) is 20.0. The first kappa shape index (κ1) is 24.7. The van der Waals surface area contributed by atoms with Crippen LogP contribution in [0, 0.1) is 5.92 Å². The Hall–Kier alpha value is -1.36. The highest BCUT2D eigenvalue weighted by Gasteiger charge is 2.23. The lowest BCUT2D eigenvalue weighted by molar-refractivity contribution is -0.119. The fourth-order valence-corrected chi connectivity index (χ4v) is 3.42. The third-order valence-electron chi connectivity index (χ3n) is 4.37. The van der Waals surface area contributed by atoms with Crippen molar-refractivity contribution in [1.82, 2.24) is 10.2 Å². The number of nitrogens with one attached hydrogen (secondary N) is 2. The van der Waals surface area contributed by atoms with Crippen LogP contribution in [0.1, 0.15) is 32.6 Å². The smallest absolute Gasteiger partial charge is 0.226 e. The number of primary amides is 1. The number of anilines is 1. The van der Waals surface area contributed by atoms with E-state index < -0.39 is 0 Å². The van der Waals surface area contributed by atoms with Crippen molar-refractivity contribution in [3.05, 3.63) is 28.7 Å². The van der Waals surface area contributed by atoms with Crippen molar-refractivity contribution < 1.29 is 9.59 Å². The maximum Gasteiger partial charge on any atom is 0.226 e. The summed E-state index contributed by atoms with van der Waals surface area (Å²) in [7, 11) is 0. The van der Waals surface area contributed by atoms with E-state index in [0.29, 0.717) is 19.4 Å². The van der Waals surface area contributed by atoms with Crippen molar-refractivity contribution in [3.63, 3.8) is 0 Å². The SMILES string of the molecule is CCNC(=NCCC(=O)Nc1ccc(Br)cc1)N1CCCC(CC(N)=O)C1.I. The number of nitrogens with two attached hydrogens (primary N) is 1. The van der Waals surface area contributed by atoms with Crippen LogP contribution in [-0.2, 0) is 9.59 Å². The van der Waals surface area contributed by atoms with Crippen molar-refractivity contribution in [2.24, 2.45) is 16.6 Å². The maximum absolute atomic E-state index is 12.1. The molecule has 2 amide bonds. The van der Waals surface area contributed by atoms with Gasteiger partial charge in [-0.05, 0) is 49.9 Å². The quantitative estimate of drug-likeness (QED) is 0.269. The van der Waals surface area contributed by atoms with Crippen LogP contribution in [0.2, 0.25) is 0 Å². The number of rotatable bonds is 7. The number of guanidine groups is 1. The van der Waals surface area contributed by atoms with E-state index in [1.54, 1.807) is 0 Å². The highest BCUT2D eigenvalue weighted by molar-refractivity contribution is 14.0. The summed E-state index contributed by atoms with van der Waals surface area (Å²) in [5.41, 5.74) is 6.11. The summed E-state index contributed by atoms with van der Waals surface area (Å²) >= 11 is 3.37.